The Hall–Kier alpha value is -2.97. The molecule has 2 aromatic carbocycles. The molecule has 166 valence electrons. The maximum atomic E-state index is 12.8. The van der Waals surface area contributed by atoms with Crippen LogP contribution in [0.15, 0.2) is 36.4 Å². The number of primary amides is 1. The van der Waals surface area contributed by atoms with Crippen LogP contribution >= 0.6 is 11.6 Å². The Morgan fingerprint density at radius 3 is 2.55 bits per heavy atom. The monoisotopic (exact) mass is 446 g/mol. The molecule has 3 rings (SSSR count). The van der Waals surface area contributed by atoms with E-state index in [0.717, 1.165) is 37.4 Å². The fourth-order valence-corrected chi connectivity index (χ4v) is 3.69. The van der Waals surface area contributed by atoms with Crippen LogP contribution in [0.4, 0.5) is 5.69 Å². The summed E-state index contributed by atoms with van der Waals surface area (Å²) in [6, 6.07) is 11.1. The highest BCUT2D eigenvalue weighted by Crippen LogP contribution is 2.36. The van der Waals surface area contributed by atoms with Gasteiger partial charge >= 0.3 is 0 Å². The van der Waals surface area contributed by atoms with Gasteiger partial charge in [0.1, 0.15) is 0 Å². The number of likely N-dealkylation sites (N-methyl/N-ethyl adjacent to an activating group) is 1. The van der Waals surface area contributed by atoms with Gasteiger partial charge in [0, 0.05) is 44.0 Å². The Kier molecular flexibility index (Phi) is 7.59. The average molecular weight is 447 g/mol. The molecule has 0 saturated carbocycles. The lowest BCUT2D eigenvalue weighted by atomic mass is 10.1. The van der Waals surface area contributed by atoms with Crippen molar-refractivity contribution in [2.24, 2.45) is 5.73 Å². The lowest BCUT2D eigenvalue weighted by Crippen LogP contribution is -2.45. The topological polar surface area (TPSA) is 97.1 Å². The summed E-state index contributed by atoms with van der Waals surface area (Å²) in [4.78, 5) is 28.4. The van der Waals surface area contributed by atoms with Gasteiger partial charge < -0.3 is 30.3 Å². The Morgan fingerprint density at radius 1 is 1.16 bits per heavy atom. The molecule has 1 saturated heterocycles. The summed E-state index contributed by atoms with van der Waals surface area (Å²) in [5.74, 6) is -0.523. The van der Waals surface area contributed by atoms with Gasteiger partial charge in [-0.15, -0.1) is 0 Å². The van der Waals surface area contributed by atoms with E-state index in [1.165, 1.54) is 19.2 Å². The number of anilines is 1. The van der Waals surface area contributed by atoms with Gasteiger partial charge in [-0.2, -0.15) is 0 Å². The normalized spacial score (nSPS) is 14.2. The molecule has 0 aromatic heterocycles. The number of nitrogens with zero attached hydrogens (tertiary/aromatic N) is 2. The number of hydrogen-bond acceptors (Lipinski definition) is 6. The summed E-state index contributed by atoms with van der Waals surface area (Å²) >= 11 is 6.25. The summed E-state index contributed by atoms with van der Waals surface area (Å²) < 4.78 is 10.6. The van der Waals surface area contributed by atoms with Crippen LogP contribution in [0.5, 0.6) is 11.5 Å². The number of halogens is 1. The van der Waals surface area contributed by atoms with Gasteiger partial charge in [-0.25, -0.2) is 0 Å². The van der Waals surface area contributed by atoms with Crippen LogP contribution in [0.1, 0.15) is 15.9 Å². The third-order valence-corrected chi connectivity index (χ3v) is 5.41. The molecular weight excluding hydrogens is 420 g/mol. The van der Waals surface area contributed by atoms with Gasteiger partial charge in [-0.1, -0.05) is 29.8 Å². The third-order valence-electron chi connectivity index (χ3n) is 5.13. The van der Waals surface area contributed by atoms with E-state index >= 15 is 0 Å². The van der Waals surface area contributed by atoms with Crippen LogP contribution in [0, 0.1) is 0 Å². The van der Waals surface area contributed by atoms with Crippen LogP contribution in [-0.2, 0) is 11.3 Å². The number of para-hydroxylation sites is 1. The number of amides is 2. The zero-order valence-electron chi connectivity index (χ0n) is 17.7. The highest BCUT2D eigenvalue weighted by atomic mass is 35.5. The molecule has 0 atom stereocenters. The zero-order valence-corrected chi connectivity index (χ0v) is 18.4. The fraction of sp³-hybridized carbons (Fsp3) is 0.364. The minimum Gasteiger partial charge on any atom is -0.493 e. The van der Waals surface area contributed by atoms with Crippen molar-refractivity contribution in [3.63, 3.8) is 0 Å². The first-order valence-corrected chi connectivity index (χ1v) is 10.3. The molecular formula is C22H27ClN4O4. The zero-order chi connectivity index (χ0) is 22.4. The number of carbonyl (C=O) groups excluding carboxylic acids is 2. The molecule has 0 aliphatic carbocycles. The quantitative estimate of drug-likeness (QED) is 0.642. The summed E-state index contributed by atoms with van der Waals surface area (Å²) in [5, 5.41) is 3.10. The van der Waals surface area contributed by atoms with Gasteiger partial charge in [0.05, 0.1) is 12.1 Å². The lowest BCUT2D eigenvalue weighted by molar-refractivity contribution is -0.119. The highest BCUT2D eigenvalue weighted by molar-refractivity contribution is 6.32. The molecule has 0 radical (unpaired) electrons. The Labute approximate surface area is 186 Å². The van der Waals surface area contributed by atoms with Gasteiger partial charge in [0.2, 0.25) is 0 Å². The van der Waals surface area contributed by atoms with Crippen molar-refractivity contribution in [3.05, 3.63) is 52.5 Å². The minimum atomic E-state index is -0.640. The molecule has 31 heavy (non-hydrogen) atoms. The number of piperazine rings is 1. The lowest BCUT2D eigenvalue weighted by Gasteiger charge is -2.35. The Balaban J connectivity index is 1.71. The summed E-state index contributed by atoms with van der Waals surface area (Å²) in [6.07, 6.45) is 0. The second-order valence-corrected chi connectivity index (χ2v) is 7.75. The molecule has 1 fully saturated rings. The molecule has 2 aromatic rings. The van der Waals surface area contributed by atoms with Crippen molar-refractivity contribution >= 4 is 29.1 Å². The van der Waals surface area contributed by atoms with Crippen molar-refractivity contribution in [2.75, 3.05) is 51.8 Å². The molecule has 0 unspecified atom stereocenters. The van der Waals surface area contributed by atoms with Crippen LogP contribution in [0.25, 0.3) is 0 Å². The molecule has 1 heterocycles. The number of ether oxygens (including phenoxy) is 2. The summed E-state index contributed by atoms with van der Waals surface area (Å²) in [6.45, 7) is 3.93. The molecule has 9 heteroatoms. The van der Waals surface area contributed by atoms with E-state index in [4.69, 9.17) is 26.8 Å². The molecule has 0 bridgehead atoms. The van der Waals surface area contributed by atoms with E-state index < -0.39 is 5.91 Å². The van der Waals surface area contributed by atoms with Gasteiger partial charge in [-0.05, 0) is 30.8 Å². The van der Waals surface area contributed by atoms with Gasteiger partial charge in [0.15, 0.2) is 18.1 Å². The van der Waals surface area contributed by atoms with Crippen LogP contribution < -0.4 is 25.4 Å². The molecule has 8 nitrogen and oxygen atoms in total. The van der Waals surface area contributed by atoms with Crippen LogP contribution in [0.2, 0.25) is 5.02 Å². The number of carbonyl (C=O) groups is 2. The largest absolute Gasteiger partial charge is 0.493 e. The average Bonchev–Trinajstić information content (AvgIpc) is 2.76. The van der Waals surface area contributed by atoms with E-state index in [0.29, 0.717) is 12.1 Å². The molecule has 3 N–H and O–H groups in total. The highest BCUT2D eigenvalue weighted by Gasteiger charge is 2.19. The van der Waals surface area contributed by atoms with E-state index in [-0.39, 0.29) is 29.0 Å². The van der Waals surface area contributed by atoms with E-state index in [9.17, 15) is 9.59 Å². The number of benzene rings is 2. The van der Waals surface area contributed by atoms with Gasteiger partial charge in [0.25, 0.3) is 11.8 Å². The minimum absolute atomic E-state index is 0.156. The van der Waals surface area contributed by atoms with Crippen molar-refractivity contribution in [1.82, 2.24) is 10.2 Å². The first-order chi connectivity index (χ1) is 14.9. The van der Waals surface area contributed by atoms with E-state index in [2.05, 4.69) is 28.2 Å². The maximum Gasteiger partial charge on any atom is 0.255 e. The van der Waals surface area contributed by atoms with E-state index in [1.807, 2.05) is 18.2 Å². The maximum absolute atomic E-state index is 12.8. The van der Waals surface area contributed by atoms with Crippen LogP contribution in [0.3, 0.4) is 0 Å². The summed E-state index contributed by atoms with van der Waals surface area (Å²) in [7, 11) is 3.55. The fourth-order valence-electron chi connectivity index (χ4n) is 3.43. The number of nitrogens with one attached hydrogen (secondary N) is 1. The van der Waals surface area contributed by atoms with Crippen molar-refractivity contribution < 1.29 is 19.1 Å². The predicted octanol–water partition coefficient (Wildman–Crippen LogP) is 1.89. The standard InChI is InChI=1S/C22H27ClN4O4/c1-26-7-9-27(10-8-26)18-6-4-3-5-15(18)13-25-22(29)16-11-17(23)21(19(12-16)30-2)31-14-20(24)28/h3-6,11-12H,7-10,13-14H2,1-2H3,(H2,24,28)(H,25,29). The molecule has 0 spiro atoms. The van der Waals surface area contributed by atoms with Crippen molar-refractivity contribution in [2.45, 2.75) is 6.54 Å². The van der Waals surface area contributed by atoms with Crippen LogP contribution in [-0.4, -0.2) is 63.7 Å². The molecule has 2 amide bonds. The summed E-state index contributed by atoms with van der Waals surface area (Å²) in [5.41, 5.74) is 7.60. The van der Waals surface area contributed by atoms with Crippen molar-refractivity contribution in [1.29, 1.82) is 0 Å². The third kappa shape index (κ3) is 5.80. The smallest absolute Gasteiger partial charge is 0.255 e. The SMILES string of the molecule is COc1cc(C(=O)NCc2ccccc2N2CCN(C)CC2)cc(Cl)c1OCC(N)=O. The second kappa shape index (κ2) is 10.4. The van der Waals surface area contributed by atoms with Gasteiger partial charge in [-0.3, -0.25) is 9.59 Å². The molecule has 1 aliphatic heterocycles. The first-order valence-electron chi connectivity index (χ1n) is 9.97. The number of hydrogen-bond donors (Lipinski definition) is 2. The first kappa shape index (κ1) is 22.7. The second-order valence-electron chi connectivity index (χ2n) is 7.35. The number of nitrogens with two attached hydrogens (primary N) is 1. The number of methoxy groups -OCH3 is 1. The predicted molar refractivity (Wildman–Crippen MR) is 120 cm³/mol. The Morgan fingerprint density at radius 2 is 1.87 bits per heavy atom. The Bertz CT molecular complexity index is 945. The van der Waals surface area contributed by atoms with Crippen molar-refractivity contribution in [3.8, 4) is 11.5 Å². The number of rotatable bonds is 8. The molecule has 1 aliphatic rings. The van der Waals surface area contributed by atoms with E-state index in [1.54, 1.807) is 0 Å².